The van der Waals surface area contributed by atoms with Crippen molar-refractivity contribution in [3.8, 4) is 16.8 Å². The summed E-state index contributed by atoms with van der Waals surface area (Å²) in [5, 5.41) is 0. The molecule has 0 amide bonds. The van der Waals surface area contributed by atoms with Crippen LogP contribution in [0.25, 0.3) is 16.8 Å². The van der Waals surface area contributed by atoms with Gasteiger partial charge < -0.3 is 14.0 Å². The molecule has 1 heterocycles. The second-order valence-corrected chi connectivity index (χ2v) is 5.32. The molecule has 0 bridgehead atoms. The van der Waals surface area contributed by atoms with Gasteiger partial charge in [0.2, 0.25) is 0 Å². The van der Waals surface area contributed by atoms with E-state index in [0.29, 0.717) is 5.56 Å². The number of aromatic nitrogens is 1. The van der Waals surface area contributed by atoms with Crippen LogP contribution in [0.3, 0.4) is 0 Å². The number of carbonyl (C=O) groups excluding carboxylic acids is 2. The van der Waals surface area contributed by atoms with Crippen LogP contribution in [-0.2, 0) is 9.47 Å². The molecule has 0 saturated carbocycles. The molecule has 0 unspecified atom stereocenters. The number of rotatable bonds is 4. The lowest BCUT2D eigenvalue weighted by molar-refractivity contribution is 0.0550. The molecule has 0 fully saturated rings. The highest BCUT2D eigenvalue weighted by molar-refractivity contribution is 6.08. The van der Waals surface area contributed by atoms with E-state index in [9.17, 15) is 9.59 Å². The summed E-state index contributed by atoms with van der Waals surface area (Å²) in [4.78, 5) is 24.9. The Morgan fingerprint density at radius 3 is 1.92 bits per heavy atom. The van der Waals surface area contributed by atoms with E-state index < -0.39 is 11.9 Å². The largest absolute Gasteiger partial charge is 0.465 e. The molecule has 2 aromatic carbocycles. The van der Waals surface area contributed by atoms with Crippen LogP contribution >= 0.6 is 0 Å². The van der Waals surface area contributed by atoms with E-state index in [2.05, 4.69) is 0 Å². The third-order valence-electron chi connectivity index (χ3n) is 3.89. The predicted molar refractivity (Wildman–Crippen MR) is 93.9 cm³/mol. The van der Waals surface area contributed by atoms with Crippen molar-refractivity contribution in [3.63, 3.8) is 0 Å². The van der Waals surface area contributed by atoms with Crippen LogP contribution in [-0.4, -0.2) is 30.7 Å². The molecule has 0 aliphatic carbocycles. The maximum Gasteiger partial charge on any atom is 0.355 e. The fourth-order valence-electron chi connectivity index (χ4n) is 2.74. The van der Waals surface area contributed by atoms with Crippen LogP contribution < -0.4 is 0 Å². The number of hydrogen-bond acceptors (Lipinski definition) is 4. The second kappa shape index (κ2) is 7.05. The van der Waals surface area contributed by atoms with E-state index in [1.54, 1.807) is 10.8 Å². The zero-order valence-electron chi connectivity index (χ0n) is 13.9. The minimum absolute atomic E-state index is 0.138. The van der Waals surface area contributed by atoms with E-state index in [1.165, 1.54) is 14.2 Å². The zero-order chi connectivity index (χ0) is 17.8. The Labute approximate surface area is 145 Å². The number of esters is 2. The normalized spacial score (nSPS) is 10.3. The number of hydrogen-bond donors (Lipinski definition) is 0. The fourth-order valence-corrected chi connectivity index (χ4v) is 2.74. The highest BCUT2D eigenvalue weighted by Crippen LogP contribution is 2.31. The molecule has 0 N–H and O–H groups in total. The van der Waals surface area contributed by atoms with E-state index in [1.807, 2.05) is 60.7 Å². The summed E-state index contributed by atoms with van der Waals surface area (Å²) in [5.74, 6) is -1.19. The molecule has 3 aromatic rings. The smallest absolute Gasteiger partial charge is 0.355 e. The lowest BCUT2D eigenvalue weighted by Crippen LogP contribution is -2.15. The summed E-state index contributed by atoms with van der Waals surface area (Å²) in [5.41, 5.74) is 2.48. The van der Waals surface area contributed by atoms with Gasteiger partial charge in [0.1, 0.15) is 11.3 Å². The molecular formula is C20H17NO4. The molecule has 0 radical (unpaired) electrons. The summed E-state index contributed by atoms with van der Waals surface area (Å²) in [6, 6.07) is 18.7. The van der Waals surface area contributed by atoms with Gasteiger partial charge in [-0.25, -0.2) is 9.59 Å². The molecule has 126 valence electrons. The number of para-hydroxylation sites is 1. The Morgan fingerprint density at radius 2 is 1.36 bits per heavy atom. The molecule has 0 aliphatic heterocycles. The SMILES string of the molecule is COC(=O)c1c(-c2ccccc2)cn(-c2ccccc2)c1C(=O)OC. The molecule has 5 heteroatoms. The lowest BCUT2D eigenvalue weighted by atomic mass is 10.0. The van der Waals surface area contributed by atoms with Gasteiger partial charge in [-0.15, -0.1) is 0 Å². The maximum atomic E-state index is 12.5. The Hall–Kier alpha value is -3.34. The third kappa shape index (κ3) is 3.04. The lowest BCUT2D eigenvalue weighted by Gasteiger charge is -2.09. The van der Waals surface area contributed by atoms with Gasteiger partial charge in [0.25, 0.3) is 0 Å². The molecule has 0 saturated heterocycles. The van der Waals surface area contributed by atoms with Crippen LogP contribution in [0.15, 0.2) is 66.9 Å². The van der Waals surface area contributed by atoms with Crippen molar-refractivity contribution in [2.45, 2.75) is 0 Å². The Kier molecular flexibility index (Phi) is 4.66. The molecule has 25 heavy (non-hydrogen) atoms. The average Bonchev–Trinajstić information content (AvgIpc) is 3.08. The number of benzene rings is 2. The summed E-state index contributed by atoms with van der Waals surface area (Å²) < 4.78 is 11.5. The van der Waals surface area contributed by atoms with Crippen LogP contribution in [0, 0.1) is 0 Å². The third-order valence-corrected chi connectivity index (χ3v) is 3.89. The zero-order valence-corrected chi connectivity index (χ0v) is 13.9. The van der Waals surface area contributed by atoms with Crippen molar-refractivity contribution in [2.75, 3.05) is 14.2 Å². The van der Waals surface area contributed by atoms with Crippen molar-refractivity contribution in [1.29, 1.82) is 0 Å². The quantitative estimate of drug-likeness (QED) is 0.682. The first kappa shape index (κ1) is 16.5. The van der Waals surface area contributed by atoms with Crippen LogP contribution in [0.2, 0.25) is 0 Å². The number of nitrogens with zero attached hydrogens (tertiary/aromatic N) is 1. The fraction of sp³-hybridized carbons (Fsp3) is 0.100. The number of carbonyl (C=O) groups is 2. The van der Waals surface area contributed by atoms with E-state index >= 15 is 0 Å². The number of methoxy groups -OCH3 is 2. The van der Waals surface area contributed by atoms with Crippen molar-refractivity contribution in [3.05, 3.63) is 78.1 Å². The maximum absolute atomic E-state index is 12.5. The van der Waals surface area contributed by atoms with Crippen molar-refractivity contribution < 1.29 is 19.1 Å². The number of ether oxygens (including phenoxy) is 2. The van der Waals surface area contributed by atoms with Gasteiger partial charge in [-0.2, -0.15) is 0 Å². The molecule has 5 nitrogen and oxygen atoms in total. The van der Waals surface area contributed by atoms with Crippen LogP contribution in [0.1, 0.15) is 20.8 Å². The molecule has 0 spiro atoms. The average molecular weight is 335 g/mol. The Morgan fingerprint density at radius 1 is 0.800 bits per heavy atom. The summed E-state index contributed by atoms with van der Waals surface area (Å²) in [6.07, 6.45) is 1.75. The van der Waals surface area contributed by atoms with E-state index in [4.69, 9.17) is 9.47 Å². The van der Waals surface area contributed by atoms with Crippen LogP contribution in [0.4, 0.5) is 0 Å². The highest BCUT2D eigenvalue weighted by Gasteiger charge is 2.29. The standard InChI is InChI=1S/C20H17NO4/c1-24-19(22)17-16(14-9-5-3-6-10-14)13-21(18(17)20(23)25-2)15-11-7-4-8-12-15/h3-13H,1-2H3. The van der Waals surface area contributed by atoms with Gasteiger partial charge in [0.15, 0.2) is 0 Å². The van der Waals surface area contributed by atoms with Gasteiger partial charge >= 0.3 is 11.9 Å². The van der Waals surface area contributed by atoms with Gasteiger partial charge in [0.05, 0.1) is 14.2 Å². The monoisotopic (exact) mass is 335 g/mol. The molecule has 3 rings (SSSR count). The first-order valence-electron chi connectivity index (χ1n) is 7.70. The second-order valence-electron chi connectivity index (χ2n) is 5.32. The van der Waals surface area contributed by atoms with E-state index in [-0.39, 0.29) is 11.3 Å². The van der Waals surface area contributed by atoms with Gasteiger partial charge in [-0.05, 0) is 17.7 Å². The van der Waals surface area contributed by atoms with Gasteiger partial charge in [0, 0.05) is 17.4 Å². The first-order chi connectivity index (χ1) is 12.2. The molecule has 1 aromatic heterocycles. The summed E-state index contributed by atoms with van der Waals surface area (Å²) in [6.45, 7) is 0. The van der Waals surface area contributed by atoms with Crippen molar-refractivity contribution in [2.24, 2.45) is 0 Å². The molecule has 0 aliphatic rings. The van der Waals surface area contributed by atoms with Gasteiger partial charge in [-0.3, -0.25) is 0 Å². The molecule has 0 atom stereocenters. The predicted octanol–water partition coefficient (Wildman–Crippen LogP) is 3.72. The topological polar surface area (TPSA) is 57.5 Å². The van der Waals surface area contributed by atoms with Crippen molar-refractivity contribution >= 4 is 11.9 Å². The van der Waals surface area contributed by atoms with E-state index in [0.717, 1.165) is 11.3 Å². The highest BCUT2D eigenvalue weighted by atomic mass is 16.5. The first-order valence-corrected chi connectivity index (χ1v) is 7.70. The van der Waals surface area contributed by atoms with Crippen LogP contribution in [0.5, 0.6) is 0 Å². The summed E-state index contributed by atoms with van der Waals surface area (Å²) in [7, 11) is 2.58. The summed E-state index contributed by atoms with van der Waals surface area (Å²) >= 11 is 0. The minimum atomic E-state index is -0.605. The Bertz CT molecular complexity index is 824. The molecular weight excluding hydrogens is 318 g/mol. The van der Waals surface area contributed by atoms with Crippen molar-refractivity contribution in [1.82, 2.24) is 4.57 Å². The minimum Gasteiger partial charge on any atom is -0.465 e. The Balaban J connectivity index is 2.34. The van der Waals surface area contributed by atoms with Gasteiger partial charge in [-0.1, -0.05) is 48.5 Å².